The van der Waals surface area contributed by atoms with Crippen LogP contribution in [0, 0.1) is 0 Å². The first kappa shape index (κ1) is 23.3. The Hall–Kier alpha value is -2.33. The number of nitrogens with zero attached hydrogens (tertiary/aromatic N) is 2. The molecule has 31 heavy (non-hydrogen) atoms. The summed E-state index contributed by atoms with van der Waals surface area (Å²) < 4.78 is 1.68. The molecule has 3 rings (SSSR count). The van der Waals surface area contributed by atoms with Gasteiger partial charge in [0.2, 0.25) is 4.34 Å². The predicted octanol–water partition coefficient (Wildman–Crippen LogP) is 3.95. The van der Waals surface area contributed by atoms with Crippen LogP contribution < -0.4 is 15.6 Å². The fraction of sp³-hybridized carbons (Fsp3) is 0.143. The van der Waals surface area contributed by atoms with Crippen molar-refractivity contribution in [1.82, 2.24) is 10.5 Å². The van der Waals surface area contributed by atoms with Gasteiger partial charge in [-0.1, -0.05) is 82.2 Å². The lowest BCUT2D eigenvalue weighted by Crippen LogP contribution is -2.19. The van der Waals surface area contributed by atoms with Crippen LogP contribution in [0.15, 0.2) is 68.9 Å². The first-order valence-electron chi connectivity index (χ1n) is 9.16. The highest BCUT2D eigenvalue weighted by Gasteiger charge is 2.14. The van der Waals surface area contributed by atoms with Crippen LogP contribution in [0.1, 0.15) is 16.7 Å². The lowest BCUT2D eigenvalue weighted by Gasteiger charge is -2.15. The molecule has 0 unspecified atom stereocenters. The summed E-state index contributed by atoms with van der Waals surface area (Å²) in [5, 5.41) is 24.1. The average Bonchev–Trinajstić information content (AvgIpc) is 3.22. The van der Waals surface area contributed by atoms with Crippen molar-refractivity contribution in [2.75, 3.05) is 5.75 Å². The number of hydrogen-bond donors (Lipinski definition) is 1. The normalized spacial score (nSPS) is 11.0. The van der Waals surface area contributed by atoms with E-state index < -0.39 is 0 Å². The minimum Gasteiger partial charge on any atom is -0.872 e. The minimum atomic E-state index is -0.281. The van der Waals surface area contributed by atoms with Crippen LogP contribution in [0.25, 0.3) is 0 Å². The van der Waals surface area contributed by atoms with Crippen molar-refractivity contribution < 1.29 is 15.0 Å². The molecule has 0 aliphatic heterocycles. The number of carbonyl (C=O) groups excluding carboxylic acids is 1. The highest BCUT2D eigenvalue weighted by Crippen LogP contribution is 2.30. The maximum Gasteiger partial charge on any atom is 0.323 e. The zero-order valence-electron chi connectivity index (χ0n) is 16.3. The van der Waals surface area contributed by atoms with Crippen LogP contribution >= 0.6 is 46.5 Å². The molecule has 0 bridgehead atoms. The van der Waals surface area contributed by atoms with Crippen LogP contribution in [0.5, 0.6) is 5.75 Å². The predicted molar refractivity (Wildman–Crippen MR) is 126 cm³/mol. The molecule has 0 fully saturated rings. The highest BCUT2D eigenvalue weighted by molar-refractivity contribution is 8.03. The van der Waals surface area contributed by atoms with Gasteiger partial charge in [0.1, 0.15) is 0 Å². The van der Waals surface area contributed by atoms with Gasteiger partial charge in [-0.15, -0.1) is 6.58 Å². The summed E-state index contributed by atoms with van der Waals surface area (Å²) in [4.78, 5) is 12.0. The number of nitrogens with one attached hydrogen (secondary N) is 2. The minimum absolute atomic E-state index is 0.116. The van der Waals surface area contributed by atoms with Crippen LogP contribution in [0.4, 0.5) is 0 Å². The third kappa shape index (κ3) is 7.10. The summed E-state index contributed by atoms with van der Waals surface area (Å²) in [6.07, 6.45) is 3.53. The van der Waals surface area contributed by atoms with Gasteiger partial charge >= 0.3 is 4.34 Å². The molecule has 0 atom stereocenters. The molecule has 6 nitrogen and oxygen atoms in total. The first-order chi connectivity index (χ1) is 15.1. The van der Waals surface area contributed by atoms with E-state index in [9.17, 15) is 9.90 Å². The Morgan fingerprint density at radius 3 is 2.87 bits per heavy atom. The number of hydrazone groups is 1. The number of hydrogen-bond acceptors (Lipinski definition) is 7. The molecule has 0 radical (unpaired) electrons. The van der Waals surface area contributed by atoms with E-state index in [-0.39, 0.29) is 17.4 Å². The number of benzene rings is 2. The van der Waals surface area contributed by atoms with Crippen LogP contribution in [-0.2, 0) is 17.0 Å². The van der Waals surface area contributed by atoms with E-state index in [1.54, 1.807) is 36.0 Å². The fourth-order valence-corrected chi connectivity index (χ4v) is 5.63. The molecule has 0 aliphatic rings. The summed E-state index contributed by atoms with van der Waals surface area (Å²) in [6.45, 7) is 3.64. The lowest BCUT2D eigenvalue weighted by molar-refractivity contribution is -0.492. The largest absolute Gasteiger partial charge is 0.872 e. The fourth-order valence-electron chi connectivity index (χ4n) is 2.45. The van der Waals surface area contributed by atoms with Gasteiger partial charge in [0, 0.05) is 15.9 Å². The van der Waals surface area contributed by atoms with E-state index in [1.165, 1.54) is 29.3 Å². The van der Waals surface area contributed by atoms with Gasteiger partial charge in [0.05, 0.1) is 12.0 Å². The molecule has 0 saturated carbocycles. The quantitative estimate of drug-likeness (QED) is 0.201. The SMILES string of the molecule is C=CCc1cccc(C=NNC(=O)CSc2n[nH+]c(SCc3ccccc3Cl)s2)c1[O-]. The third-order valence-electron chi connectivity index (χ3n) is 3.95. The number of carbonyl (C=O) groups is 1. The monoisotopic (exact) mass is 490 g/mol. The first-order valence-corrected chi connectivity index (χ1v) is 12.3. The Bertz CT molecular complexity index is 1090. The summed E-state index contributed by atoms with van der Waals surface area (Å²) in [6, 6.07) is 12.9. The molecule has 0 spiro atoms. The Morgan fingerprint density at radius 2 is 2.06 bits per heavy atom. The Morgan fingerprint density at radius 1 is 1.26 bits per heavy atom. The second-order valence-corrected chi connectivity index (χ2v) is 10.0. The van der Waals surface area contributed by atoms with Crippen molar-refractivity contribution in [3.63, 3.8) is 0 Å². The number of thioether (sulfide) groups is 2. The maximum absolute atomic E-state index is 12.2. The van der Waals surface area contributed by atoms with Crippen molar-refractivity contribution in [1.29, 1.82) is 0 Å². The van der Waals surface area contributed by atoms with Crippen molar-refractivity contribution in [2.45, 2.75) is 20.9 Å². The molecule has 160 valence electrons. The highest BCUT2D eigenvalue weighted by atomic mass is 35.5. The van der Waals surface area contributed by atoms with Gasteiger partial charge in [-0.05, 0) is 46.7 Å². The molecular formula is C21H19ClN4O2S3. The van der Waals surface area contributed by atoms with Crippen molar-refractivity contribution in [3.8, 4) is 5.75 Å². The molecule has 3 aromatic rings. The smallest absolute Gasteiger partial charge is 0.323 e. The topological polar surface area (TPSA) is 91.6 Å². The van der Waals surface area contributed by atoms with Crippen molar-refractivity contribution in [3.05, 3.63) is 76.8 Å². The summed E-state index contributed by atoms with van der Waals surface area (Å²) in [7, 11) is 0. The molecular weight excluding hydrogens is 472 g/mol. The van der Waals surface area contributed by atoms with Crippen molar-refractivity contribution in [2.24, 2.45) is 5.10 Å². The van der Waals surface area contributed by atoms with Gasteiger partial charge in [0.15, 0.2) is 0 Å². The van der Waals surface area contributed by atoms with Crippen LogP contribution in [0.2, 0.25) is 5.02 Å². The second-order valence-electron chi connectivity index (χ2n) is 6.17. The van der Waals surface area contributed by atoms with E-state index >= 15 is 0 Å². The maximum atomic E-state index is 12.2. The Balaban J connectivity index is 1.45. The number of allylic oxidation sites excluding steroid dienone is 1. The number of para-hydroxylation sites is 1. The Kier molecular flexibility index (Phi) is 8.96. The average molecular weight is 491 g/mol. The molecule has 2 N–H and O–H groups in total. The molecule has 1 heterocycles. The molecule has 1 amide bonds. The lowest BCUT2D eigenvalue weighted by atomic mass is 10.1. The summed E-state index contributed by atoms with van der Waals surface area (Å²) >= 11 is 10.6. The number of H-pyrrole nitrogens is 1. The number of halogens is 1. The molecule has 2 aromatic carbocycles. The van der Waals surface area contributed by atoms with Crippen LogP contribution in [-0.4, -0.2) is 23.0 Å². The number of rotatable bonds is 10. The van der Waals surface area contributed by atoms with Gasteiger partial charge in [0.25, 0.3) is 5.91 Å². The molecule has 10 heteroatoms. The second kappa shape index (κ2) is 11.9. The van der Waals surface area contributed by atoms with E-state index in [1.807, 2.05) is 24.3 Å². The number of amides is 1. The zero-order valence-corrected chi connectivity index (χ0v) is 19.5. The Labute approximate surface area is 197 Å². The molecule has 1 aromatic heterocycles. The van der Waals surface area contributed by atoms with E-state index in [0.29, 0.717) is 17.5 Å². The number of aromatic amines is 1. The number of aromatic nitrogens is 2. The third-order valence-corrected chi connectivity index (χ3v) is 7.62. The molecule has 0 aliphatic carbocycles. The van der Waals surface area contributed by atoms with Gasteiger partial charge in [-0.2, -0.15) is 5.10 Å². The van der Waals surface area contributed by atoms with E-state index in [4.69, 9.17) is 11.6 Å². The van der Waals surface area contributed by atoms with Gasteiger partial charge < -0.3 is 5.11 Å². The van der Waals surface area contributed by atoms with E-state index in [0.717, 1.165) is 25.0 Å². The van der Waals surface area contributed by atoms with E-state index in [2.05, 4.69) is 27.3 Å². The molecule has 0 saturated heterocycles. The standard InChI is InChI=1S/C21H19ClN4O2S3/c1-2-6-14-8-5-9-15(19(14)28)11-23-24-18(27)13-30-21-26-25-20(31-21)29-12-16-7-3-4-10-17(16)22/h2-5,7-11,28H,1,6,12-13H2,(H,24,27). The van der Waals surface area contributed by atoms with Gasteiger partial charge in [-0.25, -0.2) is 5.43 Å². The van der Waals surface area contributed by atoms with Gasteiger partial charge in [-0.3, -0.25) is 4.79 Å². The summed E-state index contributed by atoms with van der Waals surface area (Å²) in [5.41, 5.74) is 4.55. The van der Waals surface area contributed by atoms with Crippen molar-refractivity contribution >= 4 is 58.6 Å². The van der Waals surface area contributed by atoms with Crippen LogP contribution in [0.3, 0.4) is 0 Å². The zero-order chi connectivity index (χ0) is 22.1. The summed E-state index contributed by atoms with van der Waals surface area (Å²) in [5.74, 6) is 0.493.